The van der Waals surface area contributed by atoms with Gasteiger partial charge in [0, 0.05) is 18.9 Å². The fraction of sp³-hybridized carbons (Fsp3) is 0.382. The Hall–Kier alpha value is -4.17. The highest BCUT2D eigenvalue weighted by molar-refractivity contribution is 5.86. The summed E-state index contributed by atoms with van der Waals surface area (Å²) in [5, 5.41) is 14.9. The van der Waals surface area contributed by atoms with Gasteiger partial charge in [-0.2, -0.15) is 0 Å². The van der Waals surface area contributed by atoms with Gasteiger partial charge in [0.15, 0.2) is 0 Å². The summed E-state index contributed by atoms with van der Waals surface area (Å²) >= 11 is 0. The molecule has 3 atom stereocenters. The maximum Gasteiger partial charge on any atom is 0.407 e. The van der Waals surface area contributed by atoms with Gasteiger partial charge in [-0.05, 0) is 53.0 Å². The van der Waals surface area contributed by atoms with E-state index in [0.29, 0.717) is 6.42 Å². The largest absolute Gasteiger partial charge is 0.481 e. The number of amides is 2. The Labute approximate surface area is 247 Å². The lowest BCUT2D eigenvalue weighted by Gasteiger charge is -2.26. The summed E-state index contributed by atoms with van der Waals surface area (Å²) in [6, 6.07) is 24.7. The Bertz CT molecular complexity index is 1310. The Balaban J connectivity index is 1.43. The standard InChI is InChI=1S/C34H40N2O6/c1-22(2)17-25(18-31(37)38)19-35-33(39)32(23(3)41-20-24-11-5-4-6-12-24)36-34(40)42-21-30-28-15-9-7-13-26(28)27-14-8-10-16-29(27)30/h4-16,22-23,25,30,32H,17-21H2,1-3H3,(H,35,39)(H,36,40)(H,37,38). The molecule has 0 aromatic heterocycles. The summed E-state index contributed by atoms with van der Waals surface area (Å²) in [6.45, 7) is 6.29. The molecule has 0 radical (unpaired) electrons. The average molecular weight is 573 g/mol. The van der Waals surface area contributed by atoms with Crippen molar-refractivity contribution in [2.45, 2.75) is 58.3 Å². The maximum atomic E-state index is 13.4. The highest BCUT2D eigenvalue weighted by atomic mass is 16.5. The molecular formula is C34H40N2O6. The lowest BCUT2D eigenvalue weighted by Crippen LogP contribution is -2.54. The lowest BCUT2D eigenvalue weighted by atomic mass is 9.94. The SMILES string of the molecule is CC(C)CC(CNC(=O)C(NC(=O)OCC1c2ccccc2-c2ccccc21)C(C)OCc1ccccc1)CC(=O)O. The topological polar surface area (TPSA) is 114 Å². The minimum Gasteiger partial charge on any atom is -0.481 e. The number of carbonyl (C=O) groups is 3. The summed E-state index contributed by atoms with van der Waals surface area (Å²) in [5.74, 6) is -1.45. The first kappa shape index (κ1) is 30.8. The number of hydrogen-bond donors (Lipinski definition) is 3. The summed E-state index contributed by atoms with van der Waals surface area (Å²) in [5.41, 5.74) is 5.37. The van der Waals surface area contributed by atoms with Crippen LogP contribution in [0.3, 0.4) is 0 Å². The van der Waals surface area contributed by atoms with E-state index in [4.69, 9.17) is 9.47 Å². The second-order valence-corrected chi connectivity index (χ2v) is 11.3. The van der Waals surface area contributed by atoms with Crippen molar-refractivity contribution in [2.24, 2.45) is 11.8 Å². The van der Waals surface area contributed by atoms with Gasteiger partial charge in [0.2, 0.25) is 5.91 Å². The van der Waals surface area contributed by atoms with Crippen molar-refractivity contribution in [3.8, 4) is 11.1 Å². The molecule has 8 nitrogen and oxygen atoms in total. The van der Waals surface area contributed by atoms with E-state index >= 15 is 0 Å². The highest BCUT2D eigenvalue weighted by Gasteiger charge is 2.32. The number of carbonyl (C=O) groups excluding carboxylic acids is 2. The van der Waals surface area contributed by atoms with Gasteiger partial charge in [0.05, 0.1) is 12.7 Å². The summed E-state index contributed by atoms with van der Waals surface area (Å²) in [7, 11) is 0. The van der Waals surface area contributed by atoms with E-state index in [0.717, 1.165) is 27.8 Å². The van der Waals surface area contributed by atoms with Crippen LogP contribution in [0.4, 0.5) is 4.79 Å². The van der Waals surface area contributed by atoms with Gasteiger partial charge >= 0.3 is 12.1 Å². The van der Waals surface area contributed by atoms with Gasteiger partial charge in [-0.3, -0.25) is 9.59 Å². The summed E-state index contributed by atoms with van der Waals surface area (Å²) < 4.78 is 11.7. The molecule has 222 valence electrons. The van der Waals surface area contributed by atoms with E-state index in [-0.39, 0.29) is 43.9 Å². The van der Waals surface area contributed by atoms with Gasteiger partial charge < -0.3 is 25.2 Å². The van der Waals surface area contributed by atoms with Crippen LogP contribution < -0.4 is 10.6 Å². The third kappa shape index (κ3) is 8.19. The maximum absolute atomic E-state index is 13.4. The molecule has 3 aromatic rings. The first-order chi connectivity index (χ1) is 20.2. The van der Waals surface area contributed by atoms with Crippen LogP contribution in [0.5, 0.6) is 0 Å². The van der Waals surface area contributed by atoms with Crippen molar-refractivity contribution in [1.82, 2.24) is 10.6 Å². The zero-order chi connectivity index (χ0) is 30.1. The van der Waals surface area contributed by atoms with Crippen LogP contribution in [0, 0.1) is 11.8 Å². The Morgan fingerprint density at radius 3 is 2.05 bits per heavy atom. The molecule has 1 aliphatic carbocycles. The number of hydrogen-bond acceptors (Lipinski definition) is 5. The van der Waals surface area contributed by atoms with Crippen LogP contribution in [-0.2, 0) is 25.7 Å². The number of carboxylic acid groups (broad SMARTS) is 1. The van der Waals surface area contributed by atoms with Gasteiger partial charge in [0.25, 0.3) is 0 Å². The molecule has 8 heteroatoms. The number of aliphatic carboxylic acids is 1. The third-order valence-corrected chi connectivity index (χ3v) is 7.56. The van der Waals surface area contributed by atoms with Crippen LogP contribution in [0.2, 0.25) is 0 Å². The van der Waals surface area contributed by atoms with Crippen molar-refractivity contribution >= 4 is 18.0 Å². The van der Waals surface area contributed by atoms with Crippen LogP contribution >= 0.6 is 0 Å². The Kier molecular flexibility index (Phi) is 10.7. The molecule has 0 bridgehead atoms. The first-order valence-electron chi connectivity index (χ1n) is 14.5. The normalized spacial score (nSPS) is 14.4. The molecule has 3 unspecified atom stereocenters. The van der Waals surface area contributed by atoms with Gasteiger partial charge in [-0.15, -0.1) is 0 Å². The second-order valence-electron chi connectivity index (χ2n) is 11.3. The minimum absolute atomic E-state index is 0.0526. The molecule has 0 spiro atoms. The van der Waals surface area contributed by atoms with Crippen LogP contribution in [-0.4, -0.2) is 48.4 Å². The van der Waals surface area contributed by atoms with Gasteiger partial charge in [-0.25, -0.2) is 4.79 Å². The van der Waals surface area contributed by atoms with Crippen molar-refractivity contribution < 1.29 is 29.0 Å². The van der Waals surface area contributed by atoms with Crippen LogP contribution in [0.1, 0.15) is 56.2 Å². The molecule has 0 saturated heterocycles. The van der Waals surface area contributed by atoms with Crippen molar-refractivity contribution in [1.29, 1.82) is 0 Å². The molecule has 42 heavy (non-hydrogen) atoms. The number of ether oxygens (including phenoxy) is 2. The number of carboxylic acids is 1. The zero-order valence-corrected chi connectivity index (χ0v) is 24.4. The number of rotatable bonds is 14. The summed E-state index contributed by atoms with van der Waals surface area (Å²) in [6.07, 6.45) is -0.815. The molecular weight excluding hydrogens is 532 g/mol. The minimum atomic E-state index is -1.05. The fourth-order valence-corrected chi connectivity index (χ4v) is 5.57. The predicted octanol–water partition coefficient (Wildman–Crippen LogP) is 5.75. The summed E-state index contributed by atoms with van der Waals surface area (Å²) in [4.78, 5) is 37.9. The van der Waals surface area contributed by atoms with Crippen LogP contribution in [0.15, 0.2) is 78.9 Å². The molecule has 0 heterocycles. The number of alkyl carbamates (subject to hydrolysis) is 1. The van der Waals surface area contributed by atoms with Crippen molar-refractivity contribution in [2.75, 3.05) is 13.2 Å². The van der Waals surface area contributed by atoms with Crippen molar-refractivity contribution in [3.05, 3.63) is 95.6 Å². The Morgan fingerprint density at radius 1 is 0.857 bits per heavy atom. The smallest absolute Gasteiger partial charge is 0.407 e. The monoisotopic (exact) mass is 572 g/mol. The number of benzene rings is 3. The van der Waals surface area contributed by atoms with E-state index in [9.17, 15) is 19.5 Å². The molecule has 1 aliphatic rings. The zero-order valence-electron chi connectivity index (χ0n) is 24.4. The number of fused-ring (bicyclic) bond motifs is 3. The van der Waals surface area contributed by atoms with E-state index in [1.807, 2.05) is 80.6 Å². The molecule has 3 N–H and O–H groups in total. The molecule has 3 aromatic carbocycles. The van der Waals surface area contributed by atoms with Crippen molar-refractivity contribution in [3.63, 3.8) is 0 Å². The fourth-order valence-electron chi connectivity index (χ4n) is 5.57. The molecule has 0 aliphatic heterocycles. The third-order valence-electron chi connectivity index (χ3n) is 7.56. The predicted molar refractivity (Wildman–Crippen MR) is 161 cm³/mol. The second kappa shape index (κ2) is 14.6. The molecule has 4 rings (SSSR count). The van der Waals surface area contributed by atoms with E-state index in [2.05, 4.69) is 22.8 Å². The average Bonchev–Trinajstić information content (AvgIpc) is 3.29. The van der Waals surface area contributed by atoms with Crippen LogP contribution in [0.25, 0.3) is 11.1 Å². The number of nitrogens with one attached hydrogen (secondary N) is 2. The first-order valence-corrected chi connectivity index (χ1v) is 14.5. The molecule has 0 fully saturated rings. The molecule has 0 saturated carbocycles. The Morgan fingerprint density at radius 2 is 1.45 bits per heavy atom. The van der Waals surface area contributed by atoms with E-state index in [1.165, 1.54) is 0 Å². The lowest BCUT2D eigenvalue weighted by molar-refractivity contribution is -0.138. The van der Waals surface area contributed by atoms with Gasteiger partial charge in [0.1, 0.15) is 12.6 Å². The molecule has 2 amide bonds. The quantitative estimate of drug-likeness (QED) is 0.227. The van der Waals surface area contributed by atoms with Gasteiger partial charge in [-0.1, -0.05) is 92.7 Å². The van der Waals surface area contributed by atoms with E-state index < -0.39 is 30.1 Å². The van der Waals surface area contributed by atoms with E-state index in [1.54, 1.807) is 6.92 Å². The highest BCUT2D eigenvalue weighted by Crippen LogP contribution is 2.44.